The van der Waals surface area contributed by atoms with Crippen LogP contribution in [0.25, 0.3) is 29.0 Å². The first-order valence-corrected chi connectivity index (χ1v) is 17.2. The Balaban J connectivity index is 1.35. The number of piperidine rings is 1. The van der Waals surface area contributed by atoms with E-state index in [1.165, 1.54) is 25.0 Å². The van der Waals surface area contributed by atoms with Crippen molar-refractivity contribution in [2.45, 2.75) is 33.1 Å². The summed E-state index contributed by atoms with van der Waals surface area (Å²) in [6.07, 6.45) is 16.8. The second-order valence-corrected chi connectivity index (χ2v) is 13.2. The molecule has 50 heavy (non-hydrogen) atoms. The normalized spacial score (nSPS) is 15.8. The largest absolute Gasteiger partial charge is 0.384 e. The fourth-order valence-corrected chi connectivity index (χ4v) is 6.20. The van der Waals surface area contributed by atoms with Gasteiger partial charge < -0.3 is 26.2 Å². The Morgan fingerprint density at radius 3 is 2.66 bits per heavy atom. The molecule has 2 aromatic heterocycles. The summed E-state index contributed by atoms with van der Waals surface area (Å²) in [6, 6.07) is 4.99. The maximum atomic E-state index is 14.7. The van der Waals surface area contributed by atoms with Crippen LogP contribution in [0, 0.1) is 18.7 Å². The van der Waals surface area contributed by atoms with Crippen molar-refractivity contribution < 1.29 is 4.39 Å². The second kappa shape index (κ2) is 17.0. The van der Waals surface area contributed by atoms with Crippen LogP contribution in [0.15, 0.2) is 90.0 Å². The number of benzene rings is 1. The number of halogens is 1. The van der Waals surface area contributed by atoms with E-state index >= 15 is 0 Å². The van der Waals surface area contributed by atoms with Crippen LogP contribution < -0.4 is 31.8 Å². The zero-order valence-electron chi connectivity index (χ0n) is 29.8. The van der Waals surface area contributed by atoms with Gasteiger partial charge in [-0.05, 0) is 119 Å². The molecule has 3 aromatic rings. The highest BCUT2D eigenvalue weighted by molar-refractivity contribution is 5.83. The molecule has 0 atom stereocenters. The van der Waals surface area contributed by atoms with Crippen LogP contribution in [-0.4, -0.2) is 73.1 Å². The van der Waals surface area contributed by atoms with Crippen molar-refractivity contribution in [3.63, 3.8) is 0 Å². The number of likely N-dealkylation sites (N-methyl/N-ethyl adjacent to an activating group) is 1. The van der Waals surface area contributed by atoms with E-state index in [9.17, 15) is 4.39 Å². The highest BCUT2D eigenvalue weighted by Crippen LogP contribution is 2.31. The number of hydrogen-bond donors (Lipinski definition) is 5. The van der Waals surface area contributed by atoms with E-state index in [1.54, 1.807) is 12.4 Å². The van der Waals surface area contributed by atoms with Crippen molar-refractivity contribution in [2.75, 3.05) is 57.5 Å². The van der Waals surface area contributed by atoms with Gasteiger partial charge in [0, 0.05) is 47.7 Å². The number of aromatic nitrogens is 3. The van der Waals surface area contributed by atoms with E-state index in [4.69, 9.17) is 0 Å². The lowest BCUT2D eigenvalue weighted by Crippen LogP contribution is -2.29. The number of aliphatic imine (C=N–C) groups is 1. The van der Waals surface area contributed by atoms with Crippen molar-refractivity contribution in [2.24, 2.45) is 10.9 Å². The van der Waals surface area contributed by atoms with Gasteiger partial charge in [-0.1, -0.05) is 31.9 Å². The van der Waals surface area contributed by atoms with E-state index in [-0.39, 0.29) is 5.82 Å². The summed E-state index contributed by atoms with van der Waals surface area (Å²) >= 11 is 0. The van der Waals surface area contributed by atoms with Crippen LogP contribution >= 0.6 is 0 Å². The first-order chi connectivity index (χ1) is 24.1. The third kappa shape index (κ3) is 9.55. The zero-order valence-corrected chi connectivity index (χ0v) is 29.8. The summed E-state index contributed by atoms with van der Waals surface area (Å²) < 4.78 is 14.7. The van der Waals surface area contributed by atoms with Gasteiger partial charge in [0.05, 0.1) is 35.2 Å². The molecule has 4 heterocycles. The predicted molar refractivity (Wildman–Crippen MR) is 208 cm³/mol. The van der Waals surface area contributed by atoms with Gasteiger partial charge in [0.1, 0.15) is 11.5 Å². The fraction of sp³-hybridized carbons (Fsp3) is 0.325. The molecule has 0 bridgehead atoms. The van der Waals surface area contributed by atoms with E-state index in [1.807, 2.05) is 52.4 Å². The number of nitrogens with one attached hydrogen (secondary N) is 5. The van der Waals surface area contributed by atoms with Gasteiger partial charge >= 0.3 is 0 Å². The maximum Gasteiger partial charge on any atom is 0.125 e. The maximum absolute atomic E-state index is 14.7. The number of pyridine rings is 1. The number of rotatable bonds is 14. The lowest BCUT2D eigenvalue weighted by molar-refractivity contribution is 0.368. The molecule has 1 aromatic carbocycles. The molecule has 5 rings (SSSR count). The monoisotopic (exact) mass is 675 g/mol. The number of nitrogens with zero attached hydrogens (tertiary/aromatic N) is 4. The van der Waals surface area contributed by atoms with Gasteiger partial charge in [-0.2, -0.15) is 5.10 Å². The Labute approximate surface area is 295 Å². The fourth-order valence-electron chi connectivity index (χ4n) is 6.20. The number of hydrogen-bond acceptors (Lipinski definition) is 8. The molecule has 10 heteroatoms. The van der Waals surface area contributed by atoms with E-state index < -0.39 is 0 Å². The van der Waals surface area contributed by atoms with Crippen LogP contribution in [0.5, 0.6) is 0 Å². The molecule has 0 spiro atoms. The van der Waals surface area contributed by atoms with Crippen molar-refractivity contribution in [3.05, 3.63) is 113 Å². The first-order valence-electron chi connectivity index (χ1n) is 17.2. The summed E-state index contributed by atoms with van der Waals surface area (Å²) in [5, 5.41) is 23.1. The minimum absolute atomic E-state index is 0.312. The Hall–Kier alpha value is -5.06. The minimum Gasteiger partial charge on any atom is -0.384 e. The first kappa shape index (κ1) is 36.2. The minimum atomic E-state index is -0.312. The highest BCUT2D eigenvalue weighted by Gasteiger charge is 2.16. The third-order valence-electron chi connectivity index (χ3n) is 8.97. The van der Waals surface area contributed by atoms with Crippen molar-refractivity contribution in [1.29, 1.82) is 0 Å². The van der Waals surface area contributed by atoms with Gasteiger partial charge in [0.25, 0.3) is 0 Å². The Bertz CT molecular complexity index is 1940. The molecule has 5 N–H and O–H groups in total. The smallest absolute Gasteiger partial charge is 0.125 e. The van der Waals surface area contributed by atoms with Crippen LogP contribution in [-0.2, 0) is 0 Å². The molecule has 0 saturated carbocycles. The van der Waals surface area contributed by atoms with Crippen LogP contribution in [0.3, 0.4) is 0 Å². The van der Waals surface area contributed by atoms with E-state index in [0.717, 1.165) is 87.2 Å². The van der Waals surface area contributed by atoms with Gasteiger partial charge in [-0.3, -0.25) is 15.1 Å². The molecule has 1 fully saturated rings. The lowest BCUT2D eigenvalue weighted by Gasteiger charge is -2.23. The van der Waals surface area contributed by atoms with Gasteiger partial charge in [0.2, 0.25) is 0 Å². The van der Waals surface area contributed by atoms with E-state index in [2.05, 4.69) is 78.2 Å². The number of H-pyrrole nitrogens is 1. The molecule has 262 valence electrons. The van der Waals surface area contributed by atoms with E-state index in [0.29, 0.717) is 30.4 Å². The molecule has 2 aliphatic rings. The number of anilines is 2. The quantitative estimate of drug-likeness (QED) is 0.154. The highest BCUT2D eigenvalue weighted by atomic mass is 19.1. The van der Waals surface area contributed by atoms with Crippen molar-refractivity contribution >= 4 is 35.4 Å². The predicted octanol–water partition coefficient (Wildman–Crippen LogP) is 5.50. The topological polar surface area (TPSA) is 105 Å². The Kier molecular flexibility index (Phi) is 12.4. The van der Waals surface area contributed by atoms with Gasteiger partial charge in [-0.15, -0.1) is 0 Å². The summed E-state index contributed by atoms with van der Waals surface area (Å²) in [6.45, 7) is 21.2. The zero-order chi connectivity index (χ0) is 35.6. The van der Waals surface area contributed by atoms with Crippen LogP contribution in [0.2, 0.25) is 0 Å². The molecule has 0 amide bonds. The Morgan fingerprint density at radius 1 is 1.10 bits per heavy atom. The van der Waals surface area contributed by atoms with Crippen LogP contribution in [0.4, 0.5) is 15.8 Å². The van der Waals surface area contributed by atoms with Crippen molar-refractivity contribution in [1.82, 2.24) is 30.7 Å². The SMILES string of the molecule is C=C(CC1CCNCC1)NC1=CC(C(=C)/C=c2/c(C(=C)Nc3cncc(-c4cc(F)cc(NCCN(C)C)c4)c3C)n[nH]/c2=C/C)=CCN=C1. The molecule has 0 aliphatic carbocycles. The summed E-state index contributed by atoms with van der Waals surface area (Å²) in [5.41, 5.74) is 8.86. The average Bonchev–Trinajstić information content (AvgIpc) is 3.34. The average molecular weight is 676 g/mol. The molecular formula is C40H50FN9. The van der Waals surface area contributed by atoms with Gasteiger partial charge in [-0.25, -0.2) is 4.39 Å². The van der Waals surface area contributed by atoms with Crippen LogP contribution in [0.1, 0.15) is 37.4 Å². The Morgan fingerprint density at radius 2 is 1.90 bits per heavy atom. The van der Waals surface area contributed by atoms with Crippen molar-refractivity contribution in [3.8, 4) is 11.1 Å². The molecule has 0 unspecified atom stereocenters. The van der Waals surface area contributed by atoms with Gasteiger partial charge in [0.15, 0.2) is 0 Å². The molecule has 2 aliphatic heterocycles. The second-order valence-electron chi connectivity index (χ2n) is 13.2. The lowest BCUT2D eigenvalue weighted by atomic mass is 9.93. The molecular weight excluding hydrogens is 626 g/mol. The molecule has 0 radical (unpaired) electrons. The summed E-state index contributed by atoms with van der Waals surface area (Å²) in [4.78, 5) is 11.1. The number of allylic oxidation sites excluding steroid dienone is 5. The summed E-state index contributed by atoms with van der Waals surface area (Å²) in [5.74, 6) is 0.326. The standard InChI is InChI=1S/C40H50FN9/c1-8-38-36(17-26(2)31-11-14-43-23-35(20-31)46-27(3)18-30-9-12-42-13-10-30)40(49-48-38)29(5)47-39-25-44-24-37(28(39)4)32-19-33(41)22-34(21-32)45-15-16-50(6)7/h8,11,17,19-25,30,42,45-48H,2-3,5,9-10,12-16,18H2,1,4,6-7H3/b36-17+,38-8+. The molecule has 1 saturated heterocycles. The third-order valence-corrected chi connectivity index (χ3v) is 8.97. The summed E-state index contributed by atoms with van der Waals surface area (Å²) in [7, 11) is 4.01. The number of aromatic amines is 1. The molecule has 9 nitrogen and oxygen atoms in total.